The molecule has 0 fully saturated rings. The number of carboxylic acid groups (broad SMARTS) is 1. The highest BCUT2D eigenvalue weighted by Gasteiger charge is 2.27. The summed E-state index contributed by atoms with van der Waals surface area (Å²) < 4.78 is 5.30. The van der Waals surface area contributed by atoms with E-state index in [2.05, 4.69) is 15.8 Å². The second-order valence-corrected chi connectivity index (χ2v) is 9.03. The third-order valence-electron chi connectivity index (χ3n) is 4.40. The first kappa shape index (κ1) is 22.3. The molecular weight excluding hydrogens is 374 g/mol. The van der Waals surface area contributed by atoms with Crippen molar-refractivity contribution in [1.82, 2.24) is 15.8 Å². The van der Waals surface area contributed by atoms with Crippen molar-refractivity contribution < 1.29 is 24.3 Å². The van der Waals surface area contributed by atoms with Crippen molar-refractivity contribution in [2.75, 3.05) is 6.54 Å². The number of carbonyl (C=O) groups is 2. The van der Waals surface area contributed by atoms with Gasteiger partial charge >= 0.3 is 12.0 Å². The molecule has 0 spiro atoms. The van der Waals surface area contributed by atoms with Crippen molar-refractivity contribution in [2.24, 2.45) is 0 Å². The number of hydrogen-bond acceptors (Lipinski definition) is 5. The van der Waals surface area contributed by atoms with Crippen LogP contribution >= 0.6 is 0 Å². The fourth-order valence-corrected chi connectivity index (χ4v) is 2.84. The number of nitrogens with zero attached hydrogens (tertiary/aromatic N) is 1. The van der Waals surface area contributed by atoms with E-state index in [1.54, 1.807) is 6.07 Å². The minimum atomic E-state index is -1.13. The normalized spacial score (nSPS) is 11.9. The standard InChI is InChI=1S/C21H29N3O5/c1-20(2,3)14-7-12(8-15(18(14)27)21(4,5)6)16-9-13(29-24-16)10-22-19(28)23-11-17(25)26/h7-9,27H,10-11H2,1-6H3,(H,25,26)(H2,22,23,28). The number of carboxylic acids is 1. The van der Waals surface area contributed by atoms with Crippen LogP contribution in [-0.4, -0.2) is 33.9 Å². The molecule has 0 bridgehead atoms. The molecule has 1 aromatic heterocycles. The maximum Gasteiger partial charge on any atom is 0.323 e. The number of amides is 2. The van der Waals surface area contributed by atoms with Crippen molar-refractivity contribution in [3.63, 3.8) is 0 Å². The number of carbonyl (C=O) groups excluding carboxylic acids is 1. The first-order valence-electron chi connectivity index (χ1n) is 9.36. The summed E-state index contributed by atoms with van der Waals surface area (Å²) in [6.07, 6.45) is 0. The second kappa shape index (κ2) is 8.14. The minimum absolute atomic E-state index is 0.0643. The van der Waals surface area contributed by atoms with Gasteiger partial charge in [-0.2, -0.15) is 0 Å². The number of aliphatic carboxylic acids is 1. The van der Waals surface area contributed by atoms with Gasteiger partial charge in [-0.1, -0.05) is 46.7 Å². The lowest BCUT2D eigenvalue weighted by atomic mass is 9.78. The number of hydrogen-bond donors (Lipinski definition) is 4. The SMILES string of the molecule is CC(C)(C)c1cc(-c2cc(CNC(=O)NCC(=O)O)on2)cc(C(C)(C)C)c1O. The Morgan fingerprint density at radius 3 is 2.03 bits per heavy atom. The zero-order valence-electron chi connectivity index (χ0n) is 17.7. The van der Waals surface area contributed by atoms with Crippen LogP contribution < -0.4 is 10.6 Å². The molecule has 2 rings (SSSR count). The molecule has 0 saturated carbocycles. The van der Waals surface area contributed by atoms with E-state index in [1.807, 2.05) is 53.7 Å². The highest BCUT2D eigenvalue weighted by atomic mass is 16.5. The van der Waals surface area contributed by atoms with Crippen molar-refractivity contribution in [2.45, 2.75) is 58.9 Å². The molecule has 0 atom stereocenters. The predicted octanol–water partition coefficient (Wildman–Crippen LogP) is 3.53. The van der Waals surface area contributed by atoms with Gasteiger partial charge in [-0.25, -0.2) is 4.79 Å². The fraction of sp³-hybridized carbons (Fsp3) is 0.476. The molecule has 1 heterocycles. The van der Waals surface area contributed by atoms with Gasteiger partial charge in [0.25, 0.3) is 0 Å². The van der Waals surface area contributed by atoms with E-state index >= 15 is 0 Å². The summed E-state index contributed by atoms with van der Waals surface area (Å²) in [5, 5.41) is 28.2. The van der Waals surface area contributed by atoms with E-state index in [1.165, 1.54) is 0 Å². The minimum Gasteiger partial charge on any atom is -0.507 e. The van der Waals surface area contributed by atoms with Crippen LogP contribution in [-0.2, 0) is 22.2 Å². The van der Waals surface area contributed by atoms with Gasteiger partial charge in [0.15, 0.2) is 5.76 Å². The molecule has 0 radical (unpaired) electrons. The molecule has 8 heteroatoms. The van der Waals surface area contributed by atoms with Crippen molar-refractivity contribution in [1.29, 1.82) is 0 Å². The van der Waals surface area contributed by atoms with Gasteiger partial charge in [0.1, 0.15) is 18.0 Å². The second-order valence-electron chi connectivity index (χ2n) is 9.03. The Hall–Kier alpha value is -3.03. The monoisotopic (exact) mass is 403 g/mol. The third kappa shape index (κ3) is 5.73. The van der Waals surface area contributed by atoms with E-state index in [-0.39, 0.29) is 23.1 Å². The number of aromatic nitrogens is 1. The van der Waals surface area contributed by atoms with Crippen LogP contribution in [0.1, 0.15) is 58.4 Å². The van der Waals surface area contributed by atoms with E-state index in [0.717, 1.165) is 16.7 Å². The Bertz CT molecular complexity index is 869. The molecule has 4 N–H and O–H groups in total. The van der Waals surface area contributed by atoms with E-state index in [0.29, 0.717) is 11.5 Å². The predicted molar refractivity (Wildman–Crippen MR) is 109 cm³/mol. The van der Waals surface area contributed by atoms with Crippen LogP contribution in [0.4, 0.5) is 4.79 Å². The topological polar surface area (TPSA) is 125 Å². The van der Waals surface area contributed by atoms with Crippen molar-refractivity contribution in [3.8, 4) is 17.0 Å². The lowest BCUT2D eigenvalue weighted by Crippen LogP contribution is -2.37. The van der Waals surface area contributed by atoms with Crippen LogP contribution in [0.25, 0.3) is 11.3 Å². The highest BCUT2D eigenvalue weighted by Crippen LogP contribution is 2.41. The molecule has 0 saturated heterocycles. The van der Waals surface area contributed by atoms with Crippen molar-refractivity contribution >= 4 is 12.0 Å². The molecule has 0 aliphatic rings. The summed E-state index contributed by atoms with van der Waals surface area (Å²) in [5.41, 5.74) is 2.49. The first-order chi connectivity index (χ1) is 13.3. The molecule has 2 amide bonds. The summed E-state index contributed by atoms with van der Waals surface area (Å²) in [7, 11) is 0. The quantitative estimate of drug-likeness (QED) is 0.605. The van der Waals surface area contributed by atoms with Crippen LogP contribution in [0.2, 0.25) is 0 Å². The van der Waals surface area contributed by atoms with Crippen molar-refractivity contribution in [3.05, 3.63) is 35.1 Å². The first-order valence-corrected chi connectivity index (χ1v) is 9.36. The van der Waals surface area contributed by atoms with Gasteiger partial charge in [0.05, 0.1) is 6.54 Å². The summed E-state index contributed by atoms with van der Waals surface area (Å²) in [4.78, 5) is 22.0. The van der Waals surface area contributed by atoms with Gasteiger partial charge in [0, 0.05) is 22.8 Å². The molecule has 1 aromatic carbocycles. The Labute approximate surface area is 170 Å². The zero-order valence-corrected chi connectivity index (χ0v) is 17.7. The molecule has 0 aliphatic heterocycles. The fourth-order valence-electron chi connectivity index (χ4n) is 2.84. The molecule has 0 unspecified atom stereocenters. The van der Waals surface area contributed by atoms with Gasteiger partial charge in [-0.15, -0.1) is 0 Å². The maximum absolute atomic E-state index is 11.6. The number of phenols is 1. The van der Waals surface area contributed by atoms with Gasteiger partial charge < -0.3 is 25.4 Å². The lowest BCUT2D eigenvalue weighted by Gasteiger charge is -2.28. The average molecular weight is 403 g/mol. The summed E-state index contributed by atoms with van der Waals surface area (Å²) in [6, 6.07) is 4.90. The Morgan fingerprint density at radius 1 is 1.00 bits per heavy atom. The highest BCUT2D eigenvalue weighted by molar-refractivity contribution is 5.79. The number of urea groups is 1. The molecule has 8 nitrogen and oxygen atoms in total. The Kier molecular flexibility index (Phi) is 6.25. The van der Waals surface area contributed by atoms with Gasteiger partial charge in [-0.3, -0.25) is 4.79 Å². The molecular formula is C21H29N3O5. The molecule has 29 heavy (non-hydrogen) atoms. The van der Waals surface area contributed by atoms with E-state index in [9.17, 15) is 14.7 Å². The number of nitrogens with one attached hydrogen (secondary N) is 2. The smallest absolute Gasteiger partial charge is 0.323 e. The number of rotatable bonds is 5. The number of phenolic OH excluding ortho intramolecular Hbond substituents is 1. The van der Waals surface area contributed by atoms with Gasteiger partial charge in [0.2, 0.25) is 0 Å². The molecule has 0 aliphatic carbocycles. The van der Waals surface area contributed by atoms with Crippen LogP contribution in [0.15, 0.2) is 22.7 Å². The summed E-state index contributed by atoms with van der Waals surface area (Å²) in [5.74, 6) is -0.416. The number of benzene rings is 1. The third-order valence-corrected chi connectivity index (χ3v) is 4.40. The van der Waals surface area contributed by atoms with Crippen LogP contribution in [0.5, 0.6) is 5.75 Å². The Morgan fingerprint density at radius 2 is 1.55 bits per heavy atom. The Balaban J connectivity index is 2.29. The molecule has 158 valence electrons. The summed E-state index contributed by atoms with van der Waals surface area (Å²) in [6.45, 7) is 11.8. The summed E-state index contributed by atoms with van der Waals surface area (Å²) >= 11 is 0. The average Bonchev–Trinajstić information content (AvgIpc) is 3.05. The van der Waals surface area contributed by atoms with Gasteiger partial charge in [-0.05, 0) is 23.0 Å². The lowest BCUT2D eigenvalue weighted by molar-refractivity contribution is -0.135. The molecule has 2 aromatic rings. The maximum atomic E-state index is 11.6. The van der Waals surface area contributed by atoms with Crippen LogP contribution in [0.3, 0.4) is 0 Å². The van der Waals surface area contributed by atoms with Crippen LogP contribution in [0, 0.1) is 0 Å². The number of aromatic hydroxyl groups is 1. The zero-order chi connectivity index (χ0) is 22.0. The largest absolute Gasteiger partial charge is 0.507 e. The van der Waals surface area contributed by atoms with E-state index < -0.39 is 18.5 Å². The van der Waals surface area contributed by atoms with E-state index in [4.69, 9.17) is 9.63 Å².